The number of nitrogens with zero attached hydrogens (tertiary/aromatic N) is 2. The van der Waals surface area contributed by atoms with Crippen LogP contribution in [0.15, 0.2) is 42.5 Å². The minimum atomic E-state index is 0.0567. The summed E-state index contributed by atoms with van der Waals surface area (Å²) in [5.41, 5.74) is 3.59. The molecule has 0 unspecified atom stereocenters. The molecule has 1 aromatic heterocycles. The molecule has 2 aromatic carbocycles. The number of phenols is 1. The Morgan fingerprint density at radius 1 is 1.15 bits per heavy atom. The Balaban J connectivity index is 2.01. The Bertz CT molecular complexity index is 750. The first-order valence-corrected chi connectivity index (χ1v) is 6.52. The molecule has 0 spiro atoms. The van der Waals surface area contributed by atoms with Gasteiger partial charge in [-0.15, -0.1) is 0 Å². The molecule has 0 aliphatic rings. The maximum atomic E-state index is 9.84. The number of aromatic hydroxyl groups is 1. The summed E-state index contributed by atoms with van der Waals surface area (Å²) in [7, 11) is 0.0567. The lowest BCUT2D eigenvalue weighted by molar-refractivity contribution is 0.480. The molecule has 4 nitrogen and oxygen atoms in total. The molecule has 0 radical (unpaired) electrons. The van der Waals surface area contributed by atoms with Gasteiger partial charge in [-0.25, -0.2) is 4.98 Å². The van der Waals surface area contributed by atoms with Crippen molar-refractivity contribution in [2.24, 2.45) is 0 Å². The van der Waals surface area contributed by atoms with Gasteiger partial charge >= 0.3 is 7.48 Å². The summed E-state index contributed by atoms with van der Waals surface area (Å²) in [5, 5.41) is 18.9. The van der Waals surface area contributed by atoms with Crippen molar-refractivity contribution in [1.82, 2.24) is 9.55 Å². The molecule has 20 heavy (non-hydrogen) atoms. The smallest absolute Gasteiger partial charge is 0.304 e. The first-order valence-electron chi connectivity index (χ1n) is 6.52. The van der Waals surface area contributed by atoms with E-state index < -0.39 is 0 Å². The van der Waals surface area contributed by atoms with E-state index in [4.69, 9.17) is 5.02 Å². The fourth-order valence-corrected chi connectivity index (χ4v) is 2.38. The zero-order chi connectivity index (χ0) is 14.1. The average Bonchev–Trinajstić information content (AvgIpc) is 2.78. The SMILES string of the molecule is Cc1nc2c(O)cccc2n1Cc1ccc(BO)cc1. The lowest BCUT2D eigenvalue weighted by Gasteiger charge is -2.07. The molecule has 0 aliphatic carbocycles. The van der Waals surface area contributed by atoms with E-state index in [1.165, 1.54) is 0 Å². The van der Waals surface area contributed by atoms with E-state index in [1.54, 1.807) is 6.07 Å². The molecule has 0 aliphatic heterocycles. The normalized spacial score (nSPS) is 10.9. The Hall–Kier alpha value is -2.27. The summed E-state index contributed by atoms with van der Waals surface area (Å²) in [5.74, 6) is 1.08. The number of phenolic OH excluding ortho intramolecular Hbond substituents is 1. The maximum absolute atomic E-state index is 9.84. The van der Waals surface area contributed by atoms with Crippen LogP contribution >= 0.6 is 0 Å². The second-order valence-electron chi connectivity index (χ2n) is 4.86. The van der Waals surface area contributed by atoms with Gasteiger partial charge in [-0.05, 0) is 24.6 Å². The van der Waals surface area contributed by atoms with Crippen LogP contribution in [-0.4, -0.2) is 27.2 Å². The number of imidazole rings is 1. The number of benzene rings is 2. The van der Waals surface area contributed by atoms with Gasteiger partial charge in [0.25, 0.3) is 0 Å². The third-order valence-corrected chi connectivity index (χ3v) is 3.49. The van der Waals surface area contributed by atoms with Crippen molar-refractivity contribution >= 4 is 24.0 Å². The first-order chi connectivity index (χ1) is 9.69. The van der Waals surface area contributed by atoms with Crippen LogP contribution in [0.2, 0.25) is 0 Å². The molecule has 3 aromatic rings. The van der Waals surface area contributed by atoms with Gasteiger partial charge < -0.3 is 14.7 Å². The van der Waals surface area contributed by atoms with Crippen molar-refractivity contribution in [3.8, 4) is 5.75 Å². The maximum Gasteiger partial charge on any atom is 0.304 e. The van der Waals surface area contributed by atoms with Gasteiger partial charge in [0.2, 0.25) is 0 Å². The number of aryl methyl sites for hydroxylation is 1. The first kappa shape index (κ1) is 12.8. The molecule has 3 rings (SSSR count). The molecule has 0 bridgehead atoms. The molecule has 0 saturated heterocycles. The highest BCUT2D eigenvalue weighted by Crippen LogP contribution is 2.25. The average molecular weight is 266 g/mol. The van der Waals surface area contributed by atoms with Crippen LogP contribution in [0.3, 0.4) is 0 Å². The summed E-state index contributed by atoms with van der Waals surface area (Å²) in [4.78, 5) is 4.42. The molecule has 0 atom stereocenters. The van der Waals surface area contributed by atoms with Gasteiger partial charge in [0.05, 0.1) is 5.52 Å². The topological polar surface area (TPSA) is 58.3 Å². The van der Waals surface area contributed by atoms with Crippen molar-refractivity contribution in [3.05, 3.63) is 53.9 Å². The molecule has 0 amide bonds. The Morgan fingerprint density at radius 2 is 1.90 bits per heavy atom. The Kier molecular flexibility index (Phi) is 3.20. The molecular weight excluding hydrogens is 251 g/mol. The van der Waals surface area contributed by atoms with Gasteiger partial charge in [-0.2, -0.15) is 0 Å². The fourth-order valence-electron chi connectivity index (χ4n) is 2.38. The second-order valence-corrected chi connectivity index (χ2v) is 4.86. The van der Waals surface area contributed by atoms with Crippen LogP contribution < -0.4 is 5.46 Å². The highest BCUT2D eigenvalue weighted by molar-refractivity contribution is 6.45. The molecule has 0 fully saturated rings. The molecule has 5 heteroatoms. The third kappa shape index (κ3) is 2.16. The highest BCUT2D eigenvalue weighted by Gasteiger charge is 2.10. The van der Waals surface area contributed by atoms with Crippen LogP contribution in [0, 0.1) is 6.92 Å². The molecule has 1 heterocycles. The van der Waals surface area contributed by atoms with E-state index in [0.717, 1.165) is 22.4 Å². The molecule has 2 N–H and O–H groups in total. The third-order valence-electron chi connectivity index (χ3n) is 3.49. The summed E-state index contributed by atoms with van der Waals surface area (Å²) < 4.78 is 2.07. The number of fused-ring (bicyclic) bond motifs is 1. The number of hydrogen-bond acceptors (Lipinski definition) is 3. The largest absolute Gasteiger partial charge is 0.506 e. The van der Waals surface area contributed by atoms with E-state index in [-0.39, 0.29) is 13.2 Å². The minimum Gasteiger partial charge on any atom is -0.506 e. The Labute approximate surface area is 117 Å². The van der Waals surface area contributed by atoms with E-state index in [1.807, 2.05) is 43.3 Å². The summed E-state index contributed by atoms with van der Waals surface area (Å²) >= 11 is 0. The van der Waals surface area contributed by atoms with Crippen LogP contribution in [0.1, 0.15) is 11.4 Å². The molecular formula is C15H15BN2O2. The lowest BCUT2D eigenvalue weighted by atomic mass is 9.88. The van der Waals surface area contributed by atoms with Crippen molar-refractivity contribution in [1.29, 1.82) is 0 Å². The van der Waals surface area contributed by atoms with Crippen molar-refractivity contribution < 1.29 is 10.1 Å². The van der Waals surface area contributed by atoms with Gasteiger partial charge in [0, 0.05) is 6.54 Å². The monoisotopic (exact) mass is 266 g/mol. The zero-order valence-corrected chi connectivity index (χ0v) is 11.2. The van der Waals surface area contributed by atoms with Crippen molar-refractivity contribution in [2.45, 2.75) is 13.5 Å². The van der Waals surface area contributed by atoms with E-state index >= 15 is 0 Å². The summed E-state index contributed by atoms with van der Waals surface area (Å²) in [6.07, 6.45) is 0. The second kappa shape index (κ2) is 5.02. The minimum absolute atomic E-state index is 0.0567. The lowest BCUT2D eigenvalue weighted by Crippen LogP contribution is -2.13. The van der Waals surface area contributed by atoms with Crippen molar-refractivity contribution in [3.63, 3.8) is 0 Å². The van der Waals surface area contributed by atoms with Crippen LogP contribution in [0.25, 0.3) is 11.0 Å². The number of hydrogen-bond donors (Lipinski definition) is 2. The van der Waals surface area contributed by atoms with Crippen molar-refractivity contribution in [2.75, 3.05) is 0 Å². The van der Waals surface area contributed by atoms with E-state index in [9.17, 15) is 5.11 Å². The fraction of sp³-hybridized carbons (Fsp3) is 0.133. The summed E-state index contributed by atoms with van der Waals surface area (Å²) in [6.45, 7) is 2.62. The highest BCUT2D eigenvalue weighted by atomic mass is 16.3. The quantitative estimate of drug-likeness (QED) is 0.697. The van der Waals surface area contributed by atoms with Gasteiger partial charge in [-0.1, -0.05) is 35.8 Å². The predicted octanol–water partition coefficient (Wildman–Crippen LogP) is 1.07. The standard InChI is InChI=1S/C15H15BN2O2/c1-10-17-15-13(3-2-4-14(15)19)18(10)9-11-5-7-12(16-20)8-6-11/h2-8,16,19-20H,9H2,1H3. The van der Waals surface area contributed by atoms with Gasteiger partial charge in [0.1, 0.15) is 17.1 Å². The van der Waals surface area contributed by atoms with Gasteiger partial charge in [0.15, 0.2) is 0 Å². The van der Waals surface area contributed by atoms with Gasteiger partial charge in [-0.3, -0.25) is 0 Å². The van der Waals surface area contributed by atoms with E-state index in [0.29, 0.717) is 12.1 Å². The number of para-hydroxylation sites is 1. The van der Waals surface area contributed by atoms with Crippen LogP contribution in [0.4, 0.5) is 0 Å². The zero-order valence-electron chi connectivity index (χ0n) is 11.2. The van der Waals surface area contributed by atoms with Crippen LogP contribution in [-0.2, 0) is 6.54 Å². The molecule has 100 valence electrons. The summed E-state index contributed by atoms with van der Waals surface area (Å²) in [6, 6.07) is 13.3. The predicted molar refractivity (Wildman–Crippen MR) is 80.7 cm³/mol. The molecule has 0 saturated carbocycles. The number of rotatable bonds is 3. The Morgan fingerprint density at radius 3 is 2.60 bits per heavy atom. The number of aromatic nitrogens is 2. The van der Waals surface area contributed by atoms with E-state index in [2.05, 4.69) is 9.55 Å². The van der Waals surface area contributed by atoms with Crippen LogP contribution in [0.5, 0.6) is 5.75 Å².